The first-order valence-electron chi connectivity index (χ1n) is 3.51. The van der Waals surface area contributed by atoms with Crippen LogP contribution in [0.15, 0.2) is 0 Å². The number of carbonyl (C=O) groups is 2. The van der Waals surface area contributed by atoms with Crippen LogP contribution in [-0.4, -0.2) is 29.3 Å². The molecule has 6 heteroatoms. The van der Waals surface area contributed by atoms with Crippen LogP contribution in [-0.2, 0) is 9.59 Å². The van der Waals surface area contributed by atoms with Crippen LogP contribution in [0.2, 0.25) is 0 Å². The Morgan fingerprint density at radius 1 is 1.33 bits per heavy atom. The van der Waals surface area contributed by atoms with Gasteiger partial charge in [-0.25, -0.2) is 5.43 Å². The lowest BCUT2D eigenvalue weighted by Crippen LogP contribution is -2.38. The fourth-order valence-corrected chi connectivity index (χ4v) is 0.612. The Bertz CT molecular complexity index is 163. The van der Waals surface area contributed by atoms with E-state index in [2.05, 4.69) is 23.5 Å². The van der Waals surface area contributed by atoms with E-state index in [9.17, 15) is 9.59 Å². The second kappa shape index (κ2) is 6.93. The molecule has 0 aromatic carbocycles. The molecule has 0 aliphatic heterocycles. The monoisotopic (exact) mass is 192 g/mol. The van der Waals surface area contributed by atoms with Crippen molar-refractivity contribution in [1.29, 1.82) is 0 Å². The van der Waals surface area contributed by atoms with E-state index in [0.29, 0.717) is 12.3 Å². The topological polar surface area (TPSA) is 78.4 Å². The SMILES string of the molecule is O=C(O)CCC(=O)NNCCS. The molecule has 70 valence electrons. The highest BCUT2D eigenvalue weighted by Crippen LogP contribution is 1.86. The van der Waals surface area contributed by atoms with Gasteiger partial charge in [0.05, 0.1) is 6.42 Å². The van der Waals surface area contributed by atoms with Crippen LogP contribution in [0.5, 0.6) is 0 Å². The Morgan fingerprint density at radius 2 is 2.00 bits per heavy atom. The molecule has 0 unspecified atom stereocenters. The maximum absolute atomic E-state index is 10.8. The van der Waals surface area contributed by atoms with Gasteiger partial charge in [-0.05, 0) is 0 Å². The van der Waals surface area contributed by atoms with Gasteiger partial charge in [-0.15, -0.1) is 0 Å². The van der Waals surface area contributed by atoms with Crippen LogP contribution >= 0.6 is 12.6 Å². The fraction of sp³-hybridized carbons (Fsp3) is 0.667. The van der Waals surface area contributed by atoms with Crippen molar-refractivity contribution in [2.24, 2.45) is 0 Å². The summed E-state index contributed by atoms with van der Waals surface area (Å²) in [5, 5.41) is 8.22. The minimum Gasteiger partial charge on any atom is -0.481 e. The number of carbonyl (C=O) groups excluding carboxylic acids is 1. The number of aliphatic carboxylic acids is 1. The lowest BCUT2D eigenvalue weighted by molar-refractivity contribution is -0.138. The average molecular weight is 192 g/mol. The molecule has 0 saturated carbocycles. The molecule has 0 rings (SSSR count). The van der Waals surface area contributed by atoms with E-state index in [0.717, 1.165) is 0 Å². The molecule has 0 aromatic rings. The zero-order valence-corrected chi connectivity index (χ0v) is 7.43. The van der Waals surface area contributed by atoms with Crippen molar-refractivity contribution < 1.29 is 14.7 Å². The summed E-state index contributed by atoms with van der Waals surface area (Å²) in [6.45, 7) is 0.557. The predicted molar refractivity (Wildman–Crippen MR) is 46.9 cm³/mol. The molecule has 0 aromatic heterocycles. The molecule has 0 aliphatic rings. The standard InChI is InChI=1S/C6H12N2O3S/c9-5(1-2-6(10)11)8-7-3-4-12/h7,12H,1-4H2,(H,8,9)(H,10,11). The molecule has 12 heavy (non-hydrogen) atoms. The van der Waals surface area contributed by atoms with Crippen LogP contribution in [0.1, 0.15) is 12.8 Å². The van der Waals surface area contributed by atoms with E-state index >= 15 is 0 Å². The molecule has 5 nitrogen and oxygen atoms in total. The number of amides is 1. The molecular formula is C6H12N2O3S. The van der Waals surface area contributed by atoms with Crippen LogP contribution in [0.4, 0.5) is 0 Å². The number of carboxylic acids is 1. The van der Waals surface area contributed by atoms with E-state index in [1.54, 1.807) is 0 Å². The van der Waals surface area contributed by atoms with E-state index in [1.807, 2.05) is 0 Å². The Kier molecular flexibility index (Phi) is 6.50. The van der Waals surface area contributed by atoms with Gasteiger partial charge in [0, 0.05) is 18.7 Å². The molecule has 3 N–H and O–H groups in total. The van der Waals surface area contributed by atoms with Crippen LogP contribution in [0, 0.1) is 0 Å². The summed E-state index contributed by atoms with van der Waals surface area (Å²) in [6, 6.07) is 0. The van der Waals surface area contributed by atoms with E-state index in [1.165, 1.54) is 0 Å². The number of thiol groups is 1. The fourth-order valence-electron chi connectivity index (χ4n) is 0.500. The smallest absolute Gasteiger partial charge is 0.303 e. The van der Waals surface area contributed by atoms with Crippen molar-refractivity contribution >= 4 is 24.5 Å². The molecule has 0 radical (unpaired) electrons. The van der Waals surface area contributed by atoms with Crippen LogP contribution in [0.3, 0.4) is 0 Å². The lowest BCUT2D eigenvalue weighted by Gasteiger charge is -2.03. The summed E-state index contributed by atoms with van der Waals surface area (Å²) < 4.78 is 0. The minimum atomic E-state index is -0.973. The largest absolute Gasteiger partial charge is 0.481 e. The summed E-state index contributed by atoms with van der Waals surface area (Å²) in [5.74, 6) is -0.683. The first kappa shape index (κ1) is 11.2. The van der Waals surface area contributed by atoms with Gasteiger partial charge in [-0.2, -0.15) is 12.6 Å². The summed E-state index contributed by atoms with van der Waals surface area (Å²) in [6.07, 6.45) is -0.150. The number of hydrogen-bond acceptors (Lipinski definition) is 4. The Morgan fingerprint density at radius 3 is 2.50 bits per heavy atom. The van der Waals surface area contributed by atoms with Gasteiger partial charge in [0.15, 0.2) is 0 Å². The third-order valence-electron chi connectivity index (χ3n) is 1.03. The number of rotatable bonds is 6. The molecule has 0 aliphatic carbocycles. The highest BCUT2D eigenvalue weighted by molar-refractivity contribution is 7.80. The first-order valence-corrected chi connectivity index (χ1v) is 4.14. The Hall–Kier alpha value is -0.750. The predicted octanol–water partition coefficient (Wildman–Crippen LogP) is -0.598. The Balaban J connectivity index is 3.28. The maximum atomic E-state index is 10.8. The second-order valence-electron chi connectivity index (χ2n) is 2.09. The van der Waals surface area contributed by atoms with Gasteiger partial charge < -0.3 is 5.11 Å². The van der Waals surface area contributed by atoms with Gasteiger partial charge >= 0.3 is 5.97 Å². The van der Waals surface area contributed by atoms with E-state index in [-0.39, 0.29) is 18.7 Å². The highest BCUT2D eigenvalue weighted by Gasteiger charge is 2.03. The van der Waals surface area contributed by atoms with Crippen molar-refractivity contribution in [3.05, 3.63) is 0 Å². The average Bonchev–Trinajstić information content (AvgIpc) is 2.01. The van der Waals surface area contributed by atoms with E-state index < -0.39 is 5.97 Å². The van der Waals surface area contributed by atoms with Gasteiger partial charge in [0.2, 0.25) is 5.91 Å². The van der Waals surface area contributed by atoms with Crippen molar-refractivity contribution in [3.63, 3.8) is 0 Å². The van der Waals surface area contributed by atoms with Gasteiger partial charge in [-0.1, -0.05) is 0 Å². The number of hydrogen-bond donors (Lipinski definition) is 4. The zero-order valence-electron chi connectivity index (χ0n) is 6.54. The summed E-state index contributed by atoms with van der Waals surface area (Å²) in [4.78, 5) is 20.8. The maximum Gasteiger partial charge on any atom is 0.303 e. The van der Waals surface area contributed by atoms with Crippen LogP contribution < -0.4 is 10.9 Å². The zero-order chi connectivity index (χ0) is 9.40. The Labute approximate surface area is 75.9 Å². The third-order valence-corrected chi connectivity index (χ3v) is 1.25. The molecule has 1 amide bonds. The van der Waals surface area contributed by atoms with E-state index in [4.69, 9.17) is 5.11 Å². The van der Waals surface area contributed by atoms with Gasteiger partial charge in [-0.3, -0.25) is 15.0 Å². The molecule has 0 fully saturated rings. The summed E-state index contributed by atoms with van der Waals surface area (Å²) in [5.41, 5.74) is 4.93. The second-order valence-corrected chi connectivity index (χ2v) is 2.54. The quantitative estimate of drug-likeness (QED) is 0.257. The molecule has 0 bridgehead atoms. The molecule has 0 heterocycles. The van der Waals surface area contributed by atoms with Gasteiger partial charge in [0.25, 0.3) is 0 Å². The normalized spacial score (nSPS) is 9.42. The number of hydrazine groups is 1. The highest BCUT2D eigenvalue weighted by atomic mass is 32.1. The first-order chi connectivity index (χ1) is 5.66. The summed E-state index contributed by atoms with van der Waals surface area (Å²) in [7, 11) is 0. The van der Waals surface area contributed by atoms with Crippen molar-refractivity contribution in [1.82, 2.24) is 10.9 Å². The molecule has 0 spiro atoms. The number of carboxylic acid groups (broad SMARTS) is 1. The van der Waals surface area contributed by atoms with Gasteiger partial charge in [0.1, 0.15) is 0 Å². The molecule has 0 saturated heterocycles. The van der Waals surface area contributed by atoms with Crippen molar-refractivity contribution in [2.75, 3.05) is 12.3 Å². The van der Waals surface area contributed by atoms with Crippen molar-refractivity contribution in [3.8, 4) is 0 Å². The molecular weight excluding hydrogens is 180 g/mol. The molecule has 0 atom stereocenters. The van der Waals surface area contributed by atoms with Crippen molar-refractivity contribution in [2.45, 2.75) is 12.8 Å². The summed E-state index contributed by atoms with van der Waals surface area (Å²) >= 11 is 3.90. The number of nitrogens with one attached hydrogen (secondary N) is 2. The van der Waals surface area contributed by atoms with Crippen LogP contribution in [0.25, 0.3) is 0 Å². The lowest BCUT2D eigenvalue weighted by atomic mass is 10.3. The third kappa shape index (κ3) is 7.36. The minimum absolute atomic E-state index is 0.00505.